The molecule has 0 radical (unpaired) electrons. The highest BCUT2D eigenvalue weighted by Crippen LogP contribution is 2.13. The van der Waals surface area contributed by atoms with Crippen LogP contribution in [-0.2, 0) is 19.3 Å². The summed E-state index contributed by atoms with van der Waals surface area (Å²) in [7, 11) is 0. The summed E-state index contributed by atoms with van der Waals surface area (Å²) in [5.74, 6) is 4.60. The van der Waals surface area contributed by atoms with Crippen LogP contribution in [0.3, 0.4) is 0 Å². The molecule has 4 heteroatoms. The summed E-state index contributed by atoms with van der Waals surface area (Å²) in [6, 6.07) is 15.6. The van der Waals surface area contributed by atoms with Crippen LogP contribution in [-0.4, -0.2) is 42.3 Å². The number of hydrogen-bond acceptors (Lipinski definition) is 4. The highest BCUT2D eigenvalue weighted by molar-refractivity contribution is 5.52. The van der Waals surface area contributed by atoms with E-state index in [4.69, 9.17) is 0 Å². The van der Waals surface area contributed by atoms with Crippen molar-refractivity contribution in [1.29, 1.82) is 0 Å². The Morgan fingerprint density at radius 2 is 1.62 bits per heavy atom. The van der Waals surface area contributed by atoms with E-state index in [0.717, 1.165) is 39.0 Å². The second-order valence-electron chi connectivity index (χ2n) is 7.87. The van der Waals surface area contributed by atoms with Gasteiger partial charge in [-0.2, -0.15) is 5.10 Å². The molecule has 1 aliphatic heterocycles. The smallest absolute Gasteiger partial charge is 0.0702 e. The molecule has 0 atom stereocenters. The van der Waals surface area contributed by atoms with E-state index < -0.39 is 0 Å². The third kappa shape index (κ3) is 11.1. The summed E-state index contributed by atoms with van der Waals surface area (Å²) >= 11 is 0. The van der Waals surface area contributed by atoms with Crippen LogP contribution in [0.1, 0.15) is 56.0 Å². The van der Waals surface area contributed by atoms with Crippen molar-refractivity contribution >= 4 is 6.21 Å². The van der Waals surface area contributed by atoms with Gasteiger partial charge >= 0.3 is 0 Å². The van der Waals surface area contributed by atoms with Crippen LogP contribution in [0, 0.1) is 13.8 Å². The van der Waals surface area contributed by atoms with Gasteiger partial charge in [0.05, 0.1) is 6.67 Å². The van der Waals surface area contributed by atoms with Gasteiger partial charge in [-0.05, 0) is 68.5 Å². The second kappa shape index (κ2) is 17.0. The lowest BCUT2D eigenvalue weighted by Crippen LogP contribution is -2.25. The monoisotopic (exact) mass is 438 g/mol. The van der Waals surface area contributed by atoms with Gasteiger partial charge in [-0.15, -0.1) is 0 Å². The molecule has 1 aliphatic rings. The Balaban J connectivity index is 0.000000575. The molecule has 0 amide bonds. The maximum atomic E-state index is 4.60. The van der Waals surface area contributed by atoms with E-state index in [1.165, 1.54) is 40.6 Å². The van der Waals surface area contributed by atoms with E-state index in [1.807, 2.05) is 6.20 Å². The van der Waals surface area contributed by atoms with E-state index in [9.17, 15) is 0 Å². The maximum Gasteiger partial charge on any atom is 0.0702 e. The molecular formula is C28H46N4. The van der Waals surface area contributed by atoms with Gasteiger partial charge in [-0.25, -0.2) is 0 Å². The Hall–Kier alpha value is -2.59. The predicted molar refractivity (Wildman–Crippen MR) is 143 cm³/mol. The standard InChI is InChI=1S/C16H24N2.C9H12.C2H6N2.CH4/c1-4-16-12-15(7-6-14(16)3)8-9-18-11-10-17(5-2)13-18;1-3-9-6-4-8(2)5-7-9;1-2-4-3;/h5-7,12H,2,4,8-11,13H2,1,3H3;4-7H,3H2,1-2H3;2H,3H2,1H3;1H4/b;;4-2-;. The predicted octanol–water partition coefficient (Wildman–Crippen LogP) is 5.96. The number of nitrogens with two attached hydrogens (primary N) is 1. The Bertz CT molecular complexity index is 777. The number of hydrazone groups is 1. The van der Waals surface area contributed by atoms with Crippen LogP contribution >= 0.6 is 0 Å². The molecule has 0 aliphatic carbocycles. The lowest BCUT2D eigenvalue weighted by Gasteiger charge is -2.16. The number of hydrogen-bond donors (Lipinski definition) is 1. The first-order valence-corrected chi connectivity index (χ1v) is 11.4. The molecule has 0 aromatic heterocycles. The normalized spacial score (nSPS) is 13.0. The van der Waals surface area contributed by atoms with Gasteiger partial charge in [0.1, 0.15) is 0 Å². The van der Waals surface area contributed by atoms with Crippen molar-refractivity contribution in [3.05, 3.63) is 83.1 Å². The maximum absolute atomic E-state index is 4.60. The van der Waals surface area contributed by atoms with E-state index >= 15 is 0 Å². The average molecular weight is 439 g/mol. The van der Waals surface area contributed by atoms with Crippen LogP contribution in [0.5, 0.6) is 0 Å². The Kier molecular flexibility index (Phi) is 15.6. The lowest BCUT2D eigenvalue weighted by atomic mass is 10.0. The largest absolute Gasteiger partial charge is 0.364 e. The number of benzene rings is 2. The quantitative estimate of drug-likeness (QED) is 0.344. The Labute approximate surface area is 197 Å². The molecule has 1 saturated heterocycles. The van der Waals surface area contributed by atoms with Crippen molar-refractivity contribution in [1.82, 2.24) is 9.80 Å². The van der Waals surface area contributed by atoms with E-state index in [1.54, 1.807) is 6.92 Å². The van der Waals surface area contributed by atoms with Crippen molar-refractivity contribution in [3.63, 3.8) is 0 Å². The van der Waals surface area contributed by atoms with Gasteiger partial charge < -0.3 is 10.7 Å². The van der Waals surface area contributed by atoms with Crippen molar-refractivity contribution in [2.75, 3.05) is 26.3 Å². The third-order valence-electron chi connectivity index (χ3n) is 5.53. The summed E-state index contributed by atoms with van der Waals surface area (Å²) in [5, 5.41) is 3.11. The zero-order valence-electron chi connectivity index (χ0n) is 20.3. The molecule has 178 valence electrons. The van der Waals surface area contributed by atoms with E-state index in [-0.39, 0.29) is 7.43 Å². The minimum absolute atomic E-state index is 0. The molecule has 1 fully saturated rings. The van der Waals surface area contributed by atoms with Crippen molar-refractivity contribution in [2.45, 2.75) is 61.3 Å². The summed E-state index contributed by atoms with van der Waals surface area (Å²) in [5.41, 5.74) is 7.13. The minimum Gasteiger partial charge on any atom is -0.364 e. The molecule has 4 nitrogen and oxygen atoms in total. The van der Waals surface area contributed by atoms with Gasteiger partial charge in [-0.3, -0.25) is 4.90 Å². The van der Waals surface area contributed by atoms with Gasteiger partial charge in [0, 0.05) is 25.8 Å². The molecule has 2 aromatic carbocycles. The first-order chi connectivity index (χ1) is 15.0. The highest BCUT2D eigenvalue weighted by Gasteiger charge is 2.16. The number of nitrogens with zero attached hydrogens (tertiary/aromatic N) is 3. The van der Waals surface area contributed by atoms with Gasteiger partial charge in [0.25, 0.3) is 0 Å². The molecule has 2 aromatic rings. The summed E-state index contributed by atoms with van der Waals surface area (Å²) < 4.78 is 0. The van der Waals surface area contributed by atoms with E-state index in [0.29, 0.717) is 0 Å². The molecule has 2 N–H and O–H groups in total. The lowest BCUT2D eigenvalue weighted by molar-refractivity contribution is 0.293. The van der Waals surface area contributed by atoms with Gasteiger partial charge in [0.2, 0.25) is 0 Å². The molecule has 1 heterocycles. The summed E-state index contributed by atoms with van der Waals surface area (Å²) in [6.07, 6.45) is 6.90. The molecule has 0 saturated carbocycles. The molecule has 0 bridgehead atoms. The molecule has 0 spiro atoms. The fourth-order valence-corrected chi connectivity index (χ4v) is 3.37. The first-order valence-electron chi connectivity index (χ1n) is 11.4. The van der Waals surface area contributed by atoms with Crippen LogP contribution in [0.4, 0.5) is 0 Å². The molecule has 0 unspecified atom stereocenters. The van der Waals surface area contributed by atoms with Gasteiger partial charge in [0.15, 0.2) is 0 Å². The average Bonchev–Trinajstić information content (AvgIpc) is 3.28. The molecule has 32 heavy (non-hydrogen) atoms. The van der Waals surface area contributed by atoms with Crippen molar-refractivity contribution in [2.24, 2.45) is 10.9 Å². The fraction of sp³-hybridized carbons (Fsp3) is 0.464. The first kappa shape index (κ1) is 29.4. The third-order valence-corrected chi connectivity index (χ3v) is 5.53. The fourth-order valence-electron chi connectivity index (χ4n) is 3.37. The summed E-state index contributed by atoms with van der Waals surface area (Å²) in [6.45, 7) is 18.8. The van der Waals surface area contributed by atoms with Crippen LogP contribution in [0.25, 0.3) is 0 Å². The van der Waals surface area contributed by atoms with Crippen molar-refractivity contribution in [3.8, 4) is 0 Å². The van der Waals surface area contributed by atoms with Gasteiger partial charge in [-0.1, -0.05) is 75.9 Å². The second-order valence-corrected chi connectivity index (χ2v) is 7.87. The van der Waals surface area contributed by atoms with Crippen LogP contribution in [0.2, 0.25) is 0 Å². The van der Waals surface area contributed by atoms with Crippen molar-refractivity contribution < 1.29 is 0 Å². The zero-order chi connectivity index (χ0) is 23.1. The topological polar surface area (TPSA) is 44.9 Å². The Morgan fingerprint density at radius 3 is 2.12 bits per heavy atom. The summed E-state index contributed by atoms with van der Waals surface area (Å²) in [4.78, 5) is 4.76. The Morgan fingerprint density at radius 1 is 1.00 bits per heavy atom. The molecule has 3 rings (SSSR count). The van der Waals surface area contributed by atoms with Crippen LogP contribution < -0.4 is 5.84 Å². The minimum atomic E-state index is 0. The SMILES string of the molecule is C.C/C=N\N.C=CN1CCN(CCc2ccc(C)c(CC)c2)C1.CCc1ccc(C)cc1. The zero-order valence-corrected chi connectivity index (χ0v) is 20.3. The van der Waals surface area contributed by atoms with E-state index in [2.05, 4.69) is 97.5 Å². The number of aryl methyl sites for hydroxylation is 4. The highest BCUT2D eigenvalue weighted by atomic mass is 15.4. The molecular weight excluding hydrogens is 392 g/mol. The van der Waals surface area contributed by atoms with Crippen LogP contribution in [0.15, 0.2) is 60.3 Å². The number of rotatable bonds is 6.